The molecule has 4 heteroatoms. The monoisotopic (exact) mass is 281 g/mol. The first-order chi connectivity index (χ1) is 9.62. The zero-order valence-corrected chi connectivity index (χ0v) is 12.6. The molecule has 1 unspecified atom stereocenters. The minimum absolute atomic E-state index is 0.215. The first kappa shape index (κ1) is 16.6. The zero-order valence-electron chi connectivity index (χ0n) is 12.6. The standard InChI is InChI=1S/C16H24FNO2/c1-4-11-18(12-5-2)15(6-3)20-16(19)13-7-9-14(17)10-8-13/h7-10,15H,4-6,11-12H2,1-3H3. The van der Waals surface area contributed by atoms with Gasteiger partial charge in [0.2, 0.25) is 0 Å². The van der Waals surface area contributed by atoms with Crippen molar-refractivity contribution in [3.05, 3.63) is 35.6 Å². The lowest BCUT2D eigenvalue weighted by molar-refractivity contribution is -0.0346. The van der Waals surface area contributed by atoms with Gasteiger partial charge in [0.1, 0.15) is 5.82 Å². The summed E-state index contributed by atoms with van der Waals surface area (Å²) in [5.41, 5.74) is 0.387. The number of carbonyl (C=O) groups is 1. The van der Waals surface area contributed by atoms with E-state index < -0.39 is 5.97 Å². The molecule has 0 aliphatic rings. The Morgan fingerprint density at radius 1 is 1.15 bits per heavy atom. The average molecular weight is 281 g/mol. The van der Waals surface area contributed by atoms with Crippen molar-refractivity contribution >= 4 is 5.97 Å². The number of nitrogens with zero attached hydrogens (tertiary/aromatic N) is 1. The largest absolute Gasteiger partial charge is 0.443 e. The Morgan fingerprint density at radius 2 is 1.70 bits per heavy atom. The summed E-state index contributed by atoms with van der Waals surface area (Å²) in [6.07, 6.45) is 2.56. The third-order valence-corrected chi connectivity index (χ3v) is 3.10. The van der Waals surface area contributed by atoms with Crippen LogP contribution in [-0.2, 0) is 4.74 Å². The van der Waals surface area contributed by atoms with Gasteiger partial charge in [-0.25, -0.2) is 9.18 Å². The van der Waals surface area contributed by atoms with E-state index in [4.69, 9.17) is 4.74 Å². The van der Waals surface area contributed by atoms with Crippen LogP contribution >= 0.6 is 0 Å². The second kappa shape index (κ2) is 8.69. The molecule has 0 spiro atoms. The molecule has 3 nitrogen and oxygen atoms in total. The second-order valence-electron chi connectivity index (χ2n) is 4.81. The van der Waals surface area contributed by atoms with Crippen LogP contribution in [0.3, 0.4) is 0 Å². The number of hydrogen-bond acceptors (Lipinski definition) is 3. The Balaban J connectivity index is 2.70. The van der Waals surface area contributed by atoms with Crippen LogP contribution in [0.25, 0.3) is 0 Å². The molecule has 0 saturated heterocycles. The van der Waals surface area contributed by atoms with E-state index in [9.17, 15) is 9.18 Å². The number of carbonyl (C=O) groups excluding carboxylic acids is 1. The molecule has 0 aliphatic carbocycles. The van der Waals surface area contributed by atoms with E-state index in [1.54, 1.807) is 0 Å². The molecular formula is C16H24FNO2. The van der Waals surface area contributed by atoms with Crippen LogP contribution in [0.15, 0.2) is 24.3 Å². The lowest BCUT2D eigenvalue weighted by Crippen LogP contribution is -2.39. The average Bonchev–Trinajstić information content (AvgIpc) is 2.45. The van der Waals surface area contributed by atoms with Gasteiger partial charge in [-0.1, -0.05) is 20.8 Å². The maximum absolute atomic E-state index is 12.8. The molecule has 0 heterocycles. The van der Waals surface area contributed by atoms with Gasteiger partial charge in [0.25, 0.3) is 0 Å². The van der Waals surface area contributed by atoms with Crippen LogP contribution < -0.4 is 0 Å². The summed E-state index contributed by atoms with van der Waals surface area (Å²) in [5, 5.41) is 0. The van der Waals surface area contributed by atoms with Crippen LogP contribution in [0, 0.1) is 5.82 Å². The number of rotatable bonds is 8. The number of benzene rings is 1. The number of esters is 1. The quantitative estimate of drug-likeness (QED) is 0.535. The molecule has 0 aromatic heterocycles. The number of halogens is 1. The van der Waals surface area contributed by atoms with Gasteiger partial charge < -0.3 is 4.74 Å². The van der Waals surface area contributed by atoms with Gasteiger partial charge in [-0.05, 0) is 43.5 Å². The fourth-order valence-corrected chi connectivity index (χ4v) is 2.17. The minimum atomic E-state index is -0.394. The van der Waals surface area contributed by atoms with Gasteiger partial charge in [0.05, 0.1) is 5.56 Å². The highest BCUT2D eigenvalue weighted by atomic mass is 19.1. The molecule has 0 saturated carbocycles. The fraction of sp³-hybridized carbons (Fsp3) is 0.562. The highest BCUT2D eigenvalue weighted by Crippen LogP contribution is 2.12. The maximum atomic E-state index is 12.8. The van der Waals surface area contributed by atoms with E-state index in [1.807, 2.05) is 6.92 Å². The van der Waals surface area contributed by atoms with E-state index in [-0.39, 0.29) is 12.0 Å². The van der Waals surface area contributed by atoms with Crippen molar-refractivity contribution in [3.8, 4) is 0 Å². The topological polar surface area (TPSA) is 29.5 Å². The first-order valence-electron chi connectivity index (χ1n) is 7.32. The second-order valence-corrected chi connectivity index (χ2v) is 4.81. The third-order valence-electron chi connectivity index (χ3n) is 3.10. The van der Waals surface area contributed by atoms with Gasteiger partial charge in [0, 0.05) is 13.1 Å². The van der Waals surface area contributed by atoms with Crippen LogP contribution in [0.4, 0.5) is 4.39 Å². The molecule has 0 bridgehead atoms. The van der Waals surface area contributed by atoms with Crippen molar-refractivity contribution in [3.63, 3.8) is 0 Å². The van der Waals surface area contributed by atoms with E-state index in [1.165, 1.54) is 24.3 Å². The van der Waals surface area contributed by atoms with Crippen molar-refractivity contribution in [2.24, 2.45) is 0 Å². The summed E-state index contributed by atoms with van der Waals surface area (Å²) in [6.45, 7) is 8.03. The fourth-order valence-electron chi connectivity index (χ4n) is 2.17. The van der Waals surface area contributed by atoms with Gasteiger partial charge in [-0.15, -0.1) is 0 Å². The predicted molar refractivity (Wildman–Crippen MR) is 78.0 cm³/mol. The van der Waals surface area contributed by atoms with Crippen molar-refractivity contribution in [2.45, 2.75) is 46.3 Å². The van der Waals surface area contributed by atoms with Crippen molar-refractivity contribution in [1.29, 1.82) is 0 Å². The van der Waals surface area contributed by atoms with Crippen LogP contribution in [0.5, 0.6) is 0 Å². The van der Waals surface area contributed by atoms with Gasteiger partial charge in [-0.2, -0.15) is 0 Å². The van der Waals surface area contributed by atoms with E-state index in [0.29, 0.717) is 5.56 Å². The summed E-state index contributed by atoms with van der Waals surface area (Å²) >= 11 is 0. The highest BCUT2D eigenvalue weighted by Gasteiger charge is 2.20. The van der Waals surface area contributed by atoms with E-state index in [2.05, 4.69) is 18.7 Å². The summed E-state index contributed by atoms with van der Waals surface area (Å²) in [4.78, 5) is 14.2. The normalized spacial score (nSPS) is 12.4. The summed E-state index contributed by atoms with van der Waals surface area (Å²) in [7, 11) is 0. The lowest BCUT2D eigenvalue weighted by Gasteiger charge is -2.30. The van der Waals surface area contributed by atoms with Crippen LogP contribution in [0.1, 0.15) is 50.4 Å². The summed E-state index contributed by atoms with van der Waals surface area (Å²) in [5.74, 6) is -0.749. The SMILES string of the molecule is CCCN(CCC)C(CC)OC(=O)c1ccc(F)cc1. The van der Waals surface area contributed by atoms with Gasteiger partial charge in [-0.3, -0.25) is 4.90 Å². The molecule has 1 atom stereocenters. The Morgan fingerprint density at radius 3 is 2.15 bits per heavy atom. The smallest absolute Gasteiger partial charge is 0.339 e. The van der Waals surface area contributed by atoms with E-state index >= 15 is 0 Å². The van der Waals surface area contributed by atoms with Crippen molar-refractivity contribution in [1.82, 2.24) is 4.90 Å². The minimum Gasteiger partial charge on any atom is -0.443 e. The molecule has 0 fully saturated rings. The van der Waals surface area contributed by atoms with Gasteiger partial charge in [0.15, 0.2) is 6.23 Å². The zero-order chi connectivity index (χ0) is 15.0. The third kappa shape index (κ3) is 4.93. The molecule has 0 radical (unpaired) electrons. The number of ether oxygens (including phenoxy) is 1. The molecular weight excluding hydrogens is 257 g/mol. The molecule has 1 aromatic rings. The predicted octanol–water partition coefficient (Wildman–Crippen LogP) is 3.84. The van der Waals surface area contributed by atoms with Crippen molar-refractivity contribution < 1.29 is 13.9 Å². The number of hydrogen-bond donors (Lipinski definition) is 0. The van der Waals surface area contributed by atoms with E-state index in [0.717, 1.165) is 32.4 Å². The Labute approximate surface area is 120 Å². The molecule has 20 heavy (non-hydrogen) atoms. The summed E-state index contributed by atoms with van der Waals surface area (Å²) < 4.78 is 18.4. The Hall–Kier alpha value is -1.42. The molecule has 0 N–H and O–H groups in total. The Kier molecular flexibility index (Phi) is 7.23. The molecule has 1 aromatic carbocycles. The maximum Gasteiger partial charge on any atom is 0.339 e. The molecule has 0 amide bonds. The molecule has 0 aliphatic heterocycles. The first-order valence-corrected chi connectivity index (χ1v) is 7.32. The molecule has 112 valence electrons. The lowest BCUT2D eigenvalue weighted by atomic mass is 10.2. The van der Waals surface area contributed by atoms with Crippen LogP contribution in [0.2, 0.25) is 0 Å². The van der Waals surface area contributed by atoms with Crippen LogP contribution in [-0.4, -0.2) is 30.2 Å². The Bertz CT molecular complexity index is 399. The molecule has 1 rings (SSSR count). The highest BCUT2D eigenvalue weighted by molar-refractivity contribution is 5.89. The summed E-state index contributed by atoms with van der Waals surface area (Å²) in [6, 6.07) is 5.45. The van der Waals surface area contributed by atoms with Gasteiger partial charge >= 0.3 is 5.97 Å². The van der Waals surface area contributed by atoms with Crippen molar-refractivity contribution in [2.75, 3.05) is 13.1 Å².